The number of nitrogens with one attached hydrogen (secondary N) is 1. The monoisotopic (exact) mass is 229 g/mol. The van der Waals surface area contributed by atoms with E-state index in [1.54, 1.807) is 0 Å². The van der Waals surface area contributed by atoms with E-state index in [0.717, 1.165) is 36.7 Å². The largest absolute Gasteiger partial charge is 0.360 e. The van der Waals surface area contributed by atoms with Crippen molar-refractivity contribution in [1.29, 1.82) is 0 Å². The number of nitrogens with zero attached hydrogens (tertiary/aromatic N) is 3. The highest BCUT2D eigenvalue weighted by molar-refractivity contribution is 5.55. The molecule has 2 aromatic rings. The van der Waals surface area contributed by atoms with E-state index in [2.05, 4.69) is 20.1 Å². The molecule has 5 heteroatoms. The number of H-pyrrole nitrogens is 1. The van der Waals surface area contributed by atoms with Crippen LogP contribution in [-0.2, 0) is 0 Å². The lowest BCUT2D eigenvalue weighted by Gasteiger charge is -2.15. The van der Waals surface area contributed by atoms with Crippen molar-refractivity contribution in [1.82, 2.24) is 15.2 Å². The molecule has 17 heavy (non-hydrogen) atoms. The van der Waals surface area contributed by atoms with Crippen molar-refractivity contribution in [2.75, 3.05) is 18.0 Å². The Morgan fingerprint density at radius 3 is 2.82 bits per heavy atom. The van der Waals surface area contributed by atoms with Crippen LogP contribution in [-0.4, -0.2) is 34.3 Å². The molecule has 0 aliphatic carbocycles. The Morgan fingerprint density at radius 2 is 2.24 bits per heavy atom. The molecule has 2 aromatic heterocycles. The third-order valence-electron chi connectivity index (χ3n) is 3.07. The van der Waals surface area contributed by atoms with Gasteiger partial charge in [0, 0.05) is 25.3 Å². The fraction of sp³-hybridized carbons (Fsp3) is 0.333. The molecule has 0 bridgehead atoms. The Balaban J connectivity index is 1.81. The third kappa shape index (κ3) is 2.01. The van der Waals surface area contributed by atoms with Crippen LogP contribution in [0.15, 0.2) is 30.5 Å². The summed E-state index contributed by atoms with van der Waals surface area (Å²) in [6.45, 7) is 1.84. The Morgan fingerprint density at radius 1 is 1.29 bits per heavy atom. The van der Waals surface area contributed by atoms with Gasteiger partial charge in [0.1, 0.15) is 5.69 Å². The SMILES string of the molecule is NC1CCN(c2ccc(-c3ccc[nH]3)nn2)C1. The van der Waals surface area contributed by atoms with Crippen LogP contribution in [0.25, 0.3) is 11.4 Å². The summed E-state index contributed by atoms with van der Waals surface area (Å²) in [7, 11) is 0. The maximum absolute atomic E-state index is 5.87. The van der Waals surface area contributed by atoms with Gasteiger partial charge in [-0.1, -0.05) is 0 Å². The van der Waals surface area contributed by atoms with E-state index in [4.69, 9.17) is 5.73 Å². The molecular weight excluding hydrogens is 214 g/mol. The van der Waals surface area contributed by atoms with Crippen LogP contribution in [0, 0.1) is 0 Å². The molecule has 5 nitrogen and oxygen atoms in total. The molecule has 3 rings (SSSR count). The molecule has 1 unspecified atom stereocenters. The quantitative estimate of drug-likeness (QED) is 0.806. The molecule has 1 aliphatic rings. The van der Waals surface area contributed by atoms with Crippen LogP contribution in [0.4, 0.5) is 5.82 Å². The normalized spacial score (nSPS) is 19.8. The third-order valence-corrected chi connectivity index (χ3v) is 3.07. The van der Waals surface area contributed by atoms with E-state index >= 15 is 0 Å². The van der Waals surface area contributed by atoms with Crippen molar-refractivity contribution in [3.05, 3.63) is 30.5 Å². The van der Waals surface area contributed by atoms with Crippen molar-refractivity contribution >= 4 is 5.82 Å². The lowest BCUT2D eigenvalue weighted by Crippen LogP contribution is -2.27. The van der Waals surface area contributed by atoms with E-state index in [9.17, 15) is 0 Å². The Kier molecular flexibility index (Phi) is 2.53. The fourth-order valence-corrected chi connectivity index (χ4v) is 2.12. The second-order valence-corrected chi connectivity index (χ2v) is 4.36. The first-order valence-electron chi connectivity index (χ1n) is 5.81. The molecule has 3 N–H and O–H groups in total. The molecule has 1 saturated heterocycles. The number of hydrogen-bond donors (Lipinski definition) is 2. The van der Waals surface area contributed by atoms with Crippen molar-refractivity contribution in [3.63, 3.8) is 0 Å². The van der Waals surface area contributed by atoms with Gasteiger partial charge >= 0.3 is 0 Å². The highest BCUT2D eigenvalue weighted by Gasteiger charge is 2.20. The second kappa shape index (κ2) is 4.18. The topological polar surface area (TPSA) is 70.8 Å². The summed E-state index contributed by atoms with van der Waals surface area (Å²) >= 11 is 0. The molecule has 1 atom stereocenters. The molecule has 0 radical (unpaired) electrons. The van der Waals surface area contributed by atoms with Crippen LogP contribution in [0.3, 0.4) is 0 Å². The van der Waals surface area contributed by atoms with Crippen molar-refractivity contribution < 1.29 is 0 Å². The van der Waals surface area contributed by atoms with E-state index < -0.39 is 0 Å². The smallest absolute Gasteiger partial charge is 0.151 e. The summed E-state index contributed by atoms with van der Waals surface area (Å²) in [6.07, 6.45) is 2.91. The Bertz CT molecular complexity index is 476. The first kappa shape index (κ1) is 10.3. The van der Waals surface area contributed by atoms with Crippen LogP contribution in [0.5, 0.6) is 0 Å². The first-order chi connectivity index (χ1) is 8.33. The number of hydrogen-bond acceptors (Lipinski definition) is 4. The summed E-state index contributed by atoms with van der Waals surface area (Å²) in [6, 6.07) is 8.18. The lowest BCUT2D eigenvalue weighted by atomic mass is 10.3. The van der Waals surface area contributed by atoms with Gasteiger partial charge in [-0.15, -0.1) is 10.2 Å². The highest BCUT2D eigenvalue weighted by Crippen LogP contribution is 2.19. The molecule has 0 aromatic carbocycles. The zero-order valence-corrected chi connectivity index (χ0v) is 9.50. The number of aromatic amines is 1. The number of nitrogens with two attached hydrogens (primary N) is 1. The minimum atomic E-state index is 0.264. The second-order valence-electron chi connectivity index (χ2n) is 4.36. The van der Waals surface area contributed by atoms with E-state index in [1.165, 1.54) is 0 Å². The van der Waals surface area contributed by atoms with Gasteiger partial charge in [-0.05, 0) is 30.7 Å². The average molecular weight is 229 g/mol. The molecule has 0 amide bonds. The highest BCUT2D eigenvalue weighted by atomic mass is 15.3. The number of anilines is 1. The van der Waals surface area contributed by atoms with Gasteiger partial charge in [-0.25, -0.2) is 0 Å². The minimum Gasteiger partial charge on any atom is -0.360 e. The lowest BCUT2D eigenvalue weighted by molar-refractivity contribution is 0.750. The van der Waals surface area contributed by atoms with Gasteiger partial charge in [-0.2, -0.15) is 0 Å². The Labute approximate surface area is 99.7 Å². The summed E-state index contributed by atoms with van der Waals surface area (Å²) < 4.78 is 0. The van der Waals surface area contributed by atoms with Crippen molar-refractivity contribution in [2.45, 2.75) is 12.5 Å². The molecule has 1 aliphatic heterocycles. The zero-order chi connectivity index (χ0) is 11.7. The van der Waals surface area contributed by atoms with Gasteiger partial charge < -0.3 is 15.6 Å². The molecule has 0 spiro atoms. The van der Waals surface area contributed by atoms with Gasteiger partial charge in [0.2, 0.25) is 0 Å². The van der Waals surface area contributed by atoms with E-state index in [0.29, 0.717) is 0 Å². The Hall–Kier alpha value is -1.88. The van der Waals surface area contributed by atoms with E-state index in [-0.39, 0.29) is 6.04 Å². The van der Waals surface area contributed by atoms with Crippen molar-refractivity contribution in [3.8, 4) is 11.4 Å². The maximum Gasteiger partial charge on any atom is 0.151 e. The van der Waals surface area contributed by atoms with Crippen LogP contribution < -0.4 is 10.6 Å². The van der Waals surface area contributed by atoms with Crippen LogP contribution in [0.1, 0.15) is 6.42 Å². The average Bonchev–Trinajstić information content (AvgIpc) is 3.00. The predicted molar refractivity (Wildman–Crippen MR) is 66.6 cm³/mol. The summed E-state index contributed by atoms with van der Waals surface area (Å²) in [5.74, 6) is 0.910. The molecule has 3 heterocycles. The number of rotatable bonds is 2. The summed E-state index contributed by atoms with van der Waals surface area (Å²) in [5, 5.41) is 8.48. The van der Waals surface area contributed by atoms with E-state index in [1.807, 2.05) is 30.5 Å². The minimum absolute atomic E-state index is 0.264. The molecule has 0 saturated carbocycles. The van der Waals surface area contributed by atoms with Crippen LogP contribution >= 0.6 is 0 Å². The van der Waals surface area contributed by atoms with Gasteiger partial charge in [0.05, 0.1) is 5.69 Å². The van der Waals surface area contributed by atoms with Crippen LogP contribution in [0.2, 0.25) is 0 Å². The zero-order valence-electron chi connectivity index (χ0n) is 9.50. The van der Waals surface area contributed by atoms with Gasteiger partial charge in [-0.3, -0.25) is 0 Å². The standard InChI is InChI=1S/C12H15N5/c13-9-5-7-17(8-9)12-4-3-11(15-16-12)10-2-1-6-14-10/h1-4,6,9,14H,5,7-8,13H2. The summed E-state index contributed by atoms with van der Waals surface area (Å²) in [5.41, 5.74) is 7.73. The molecule has 88 valence electrons. The molecule has 1 fully saturated rings. The van der Waals surface area contributed by atoms with Gasteiger partial charge in [0.15, 0.2) is 5.82 Å². The van der Waals surface area contributed by atoms with Gasteiger partial charge in [0.25, 0.3) is 0 Å². The van der Waals surface area contributed by atoms with Crippen molar-refractivity contribution in [2.24, 2.45) is 5.73 Å². The maximum atomic E-state index is 5.87. The number of aromatic nitrogens is 3. The predicted octanol–water partition coefficient (Wildman–Crippen LogP) is 1.01. The molecular formula is C12H15N5. The summed E-state index contributed by atoms with van der Waals surface area (Å²) in [4.78, 5) is 5.29. The fourth-order valence-electron chi connectivity index (χ4n) is 2.12. The first-order valence-corrected chi connectivity index (χ1v) is 5.81.